The van der Waals surface area contributed by atoms with Crippen LogP contribution in [0.2, 0.25) is 0 Å². The number of benzene rings is 1. The Morgan fingerprint density at radius 2 is 1.61 bits per heavy atom. The Bertz CT molecular complexity index is 371. The summed E-state index contributed by atoms with van der Waals surface area (Å²) in [6.45, 7) is 4.08. The van der Waals surface area contributed by atoms with E-state index in [-0.39, 0.29) is 6.04 Å². The minimum atomic E-state index is -4.23. The lowest BCUT2D eigenvalue weighted by Crippen LogP contribution is -2.39. The highest BCUT2D eigenvalue weighted by atomic mass is 19.4. The van der Waals surface area contributed by atoms with Gasteiger partial charge in [-0.15, -0.1) is 0 Å². The monoisotopic (exact) mass is 261 g/mol. The number of halogens is 3. The number of hydrogen-bond acceptors (Lipinski definition) is 2. The maximum atomic E-state index is 12.5. The summed E-state index contributed by atoms with van der Waals surface area (Å²) < 4.78 is 37.4. The van der Waals surface area contributed by atoms with Gasteiger partial charge in [0.25, 0.3) is 0 Å². The number of aliphatic hydroxyl groups excluding tert-OH is 1. The molecule has 0 heterocycles. The highest BCUT2D eigenvalue weighted by molar-refractivity contribution is 5.48. The van der Waals surface area contributed by atoms with E-state index in [0.29, 0.717) is 11.3 Å². The van der Waals surface area contributed by atoms with Gasteiger partial charge < -0.3 is 10.0 Å². The largest absolute Gasteiger partial charge is 0.405 e. The van der Waals surface area contributed by atoms with Crippen molar-refractivity contribution in [1.82, 2.24) is 0 Å². The summed E-state index contributed by atoms with van der Waals surface area (Å²) in [6, 6.07) is 6.25. The van der Waals surface area contributed by atoms with Crippen LogP contribution in [0, 0.1) is 0 Å². The quantitative estimate of drug-likeness (QED) is 0.896. The first-order valence-corrected chi connectivity index (χ1v) is 5.82. The zero-order valence-electron chi connectivity index (χ0n) is 10.7. The Kier molecular flexibility index (Phi) is 4.62. The van der Waals surface area contributed by atoms with Crippen LogP contribution in [-0.4, -0.2) is 23.9 Å². The molecular weight excluding hydrogens is 243 g/mol. The zero-order chi connectivity index (χ0) is 13.9. The SMILES string of the molecule is CC(O)c1ccc(N(CC(F)(F)F)C(C)C)cc1. The van der Waals surface area contributed by atoms with Gasteiger partial charge >= 0.3 is 6.18 Å². The highest BCUT2D eigenvalue weighted by Gasteiger charge is 2.31. The van der Waals surface area contributed by atoms with Crippen molar-refractivity contribution in [3.8, 4) is 0 Å². The number of anilines is 1. The Balaban J connectivity index is 2.93. The minimum absolute atomic E-state index is 0.246. The van der Waals surface area contributed by atoms with E-state index >= 15 is 0 Å². The van der Waals surface area contributed by atoms with Gasteiger partial charge in [0.1, 0.15) is 6.54 Å². The predicted molar refractivity (Wildman–Crippen MR) is 65.6 cm³/mol. The fourth-order valence-corrected chi connectivity index (χ4v) is 1.71. The Morgan fingerprint density at radius 3 is 1.94 bits per heavy atom. The standard InChI is InChI=1S/C13H18F3NO/c1-9(2)17(8-13(14,15)16)12-6-4-11(5-7-12)10(3)18/h4-7,9-10,18H,8H2,1-3H3. The van der Waals surface area contributed by atoms with Gasteiger partial charge in [-0.2, -0.15) is 13.2 Å². The fraction of sp³-hybridized carbons (Fsp3) is 0.538. The third kappa shape index (κ3) is 4.22. The molecule has 0 aromatic heterocycles. The van der Waals surface area contributed by atoms with Crippen molar-refractivity contribution < 1.29 is 18.3 Å². The molecule has 0 radical (unpaired) electrons. The van der Waals surface area contributed by atoms with Gasteiger partial charge in [-0.3, -0.25) is 0 Å². The van der Waals surface area contributed by atoms with Crippen LogP contribution in [0.25, 0.3) is 0 Å². The van der Waals surface area contributed by atoms with Crippen molar-refractivity contribution in [1.29, 1.82) is 0 Å². The lowest BCUT2D eigenvalue weighted by Gasteiger charge is -2.30. The molecule has 5 heteroatoms. The molecule has 0 bridgehead atoms. The predicted octanol–water partition coefficient (Wildman–Crippen LogP) is 3.52. The second-order valence-electron chi connectivity index (χ2n) is 4.60. The molecule has 1 aromatic carbocycles. The average Bonchev–Trinajstić information content (AvgIpc) is 2.24. The van der Waals surface area contributed by atoms with Crippen molar-refractivity contribution in [3.05, 3.63) is 29.8 Å². The van der Waals surface area contributed by atoms with Crippen LogP contribution in [0.4, 0.5) is 18.9 Å². The molecule has 0 fully saturated rings. The molecule has 0 aliphatic heterocycles. The van der Waals surface area contributed by atoms with E-state index in [1.807, 2.05) is 0 Å². The first-order valence-electron chi connectivity index (χ1n) is 5.82. The molecule has 0 amide bonds. The first-order chi connectivity index (χ1) is 8.20. The van der Waals surface area contributed by atoms with E-state index in [1.54, 1.807) is 45.0 Å². The highest BCUT2D eigenvalue weighted by Crippen LogP contribution is 2.25. The van der Waals surface area contributed by atoms with E-state index < -0.39 is 18.8 Å². The summed E-state index contributed by atoms with van der Waals surface area (Å²) in [5.74, 6) is 0. The molecule has 102 valence electrons. The molecule has 0 spiro atoms. The molecule has 18 heavy (non-hydrogen) atoms. The van der Waals surface area contributed by atoms with Crippen LogP contribution in [0.15, 0.2) is 24.3 Å². The molecule has 1 N–H and O–H groups in total. The van der Waals surface area contributed by atoms with Crippen LogP contribution in [-0.2, 0) is 0 Å². The number of rotatable bonds is 4. The first kappa shape index (κ1) is 14.8. The van der Waals surface area contributed by atoms with Crippen LogP contribution in [0.3, 0.4) is 0 Å². The van der Waals surface area contributed by atoms with E-state index in [0.717, 1.165) is 0 Å². The van der Waals surface area contributed by atoms with E-state index in [9.17, 15) is 18.3 Å². The molecule has 1 aromatic rings. The summed E-state index contributed by atoms with van der Waals surface area (Å²) in [5, 5.41) is 9.36. The van der Waals surface area contributed by atoms with Crippen molar-refractivity contribution >= 4 is 5.69 Å². The summed E-state index contributed by atoms with van der Waals surface area (Å²) in [4.78, 5) is 1.28. The normalized spacial score (nSPS) is 13.8. The number of hydrogen-bond donors (Lipinski definition) is 1. The van der Waals surface area contributed by atoms with Crippen LogP contribution in [0.1, 0.15) is 32.4 Å². The van der Waals surface area contributed by atoms with Gasteiger partial charge in [-0.05, 0) is 38.5 Å². The topological polar surface area (TPSA) is 23.5 Å². The fourth-order valence-electron chi connectivity index (χ4n) is 1.71. The lowest BCUT2D eigenvalue weighted by molar-refractivity contribution is -0.120. The van der Waals surface area contributed by atoms with Crippen molar-refractivity contribution in [2.75, 3.05) is 11.4 Å². The average molecular weight is 261 g/mol. The van der Waals surface area contributed by atoms with Gasteiger partial charge in [0.15, 0.2) is 0 Å². The van der Waals surface area contributed by atoms with E-state index in [1.165, 1.54) is 4.90 Å². The van der Waals surface area contributed by atoms with Crippen molar-refractivity contribution in [3.63, 3.8) is 0 Å². The smallest absolute Gasteiger partial charge is 0.389 e. The number of aliphatic hydroxyl groups is 1. The Hall–Kier alpha value is -1.23. The van der Waals surface area contributed by atoms with Gasteiger partial charge in [0, 0.05) is 11.7 Å². The molecule has 0 saturated carbocycles. The maximum Gasteiger partial charge on any atom is 0.405 e. The number of nitrogens with zero attached hydrogens (tertiary/aromatic N) is 1. The molecule has 1 atom stereocenters. The van der Waals surface area contributed by atoms with Gasteiger partial charge in [-0.1, -0.05) is 12.1 Å². The lowest BCUT2D eigenvalue weighted by atomic mass is 10.1. The van der Waals surface area contributed by atoms with E-state index in [2.05, 4.69) is 0 Å². The molecule has 2 nitrogen and oxygen atoms in total. The minimum Gasteiger partial charge on any atom is -0.389 e. The summed E-state index contributed by atoms with van der Waals surface area (Å²) >= 11 is 0. The second-order valence-corrected chi connectivity index (χ2v) is 4.60. The molecule has 1 unspecified atom stereocenters. The molecule has 0 saturated heterocycles. The second kappa shape index (κ2) is 5.61. The molecule has 0 aliphatic rings. The van der Waals surface area contributed by atoms with Crippen molar-refractivity contribution in [2.45, 2.75) is 39.1 Å². The maximum absolute atomic E-state index is 12.5. The van der Waals surface area contributed by atoms with Crippen LogP contribution in [0.5, 0.6) is 0 Å². The van der Waals surface area contributed by atoms with Crippen LogP contribution >= 0.6 is 0 Å². The summed E-state index contributed by atoms with van der Waals surface area (Å²) in [6.07, 6.45) is -4.85. The van der Waals surface area contributed by atoms with Gasteiger partial charge in [0.05, 0.1) is 6.10 Å². The Labute approximate surface area is 105 Å². The Morgan fingerprint density at radius 1 is 1.11 bits per heavy atom. The third-order valence-electron chi connectivity index (χ3n) is 2.68. The summed E-state index contributed by atoms with van der Waals surface area (Å²) in [5.41, 5.74) is 1.20. The molecule has 0 aliphatic carbocycles. The summed E-state index contributed by atoms with van der Waals surface area (Å²) in [7, 11) is 0. The van der Waals surface area contributed by atoms with Gasteiger partial charge in [0.2, 0.25) is 0 Å². The third-order valence-corrected chi connectivity index (χ3v) is 2.68. The van der Waals surface area contributed by atoms with E-state index in [4.69, 9.17) is 0 Å². The van der Waals surface area contributed by atoms with Crippen LogP contribution < -0.4 is 4.90 Å². The molecular formula is C13H18F3NO. The van der Waals surface area contributed by atoms with Gasteiger partial charge in [-0.25, -0.2) is 0 Å². The zero-order valence-corrected chi connectivity index (χ0v) is 10.7. The molecule has 1 rings (SSSR count). The number of alkyl halides is 3. The van der Waals surface area contributed by atoms with Crippen molar-refractivity contribution in [2.24, 2.45) is 0 Å².